The number of aryl methyl sites for hydroxylation is 1. The van der Waals surface area contributed by atoms with Crippen molar-refractivity contribution in [3.05, 3.63) is 69.8 Å². The molecule has 164 valence electrons. The molecule has 0 aromatic heterocycles. The van der Waals surface area contributed by atoms with Gasteiger partial charge in [-0.05, 0) is 13.0 Å². The number of likely N-dealkylation sites (N-methyl/N-ethyl adjacent to an activating group) is 1. The Morgan fingerprint density at radius 3 is 2.32 bits per heavy atom. The number of nitro benzene ring substituents is 1. The van der Waals surface area contributed by atoms with Gasteiger partial charge >= 0.3 is 11.8 Å². The normalized spacial score (nSPS) is 19.3. The van der Waals surface area contributed by atoms with Crippen molar-refractivity contribution >= 4 is 23.2 Å². The predicted octanol–water partition coefficient (Wildman–Crippen LogP) is -0.888. The Hall–Kier alpha value is -3.30. The maximum atomic E-state index is 12.4. The Bertz CT molecular complexity index is 939. The molecule has 1 aliphatic rings. The van der Waals surface area contributed by atoms with Gasteiger partial charge in [0.1, 0.15) is 37.9 Å². The monoisotopic (exact) mass is 427 g/mol. The van der Waals surface area contributed by atoms with Gasteiger partial charge < -0.3 is 20.4 Å². The third-order valence-corrected chi connectivity index (χ3v) is 5.74. The second-order valence-corrected chi connectivity index (χ2v) is 8.02. The molecule has 1 heterocycles. The van der Waals surface area contributed by atoms with E-state index >= 15 is 0 Å². The maximum Gasteiger partial charge on any atom is 0.313 e. The minimum atomic E-state index is -0.922. The van der Waals surface area contributed by atoms with Gasteiger partial charge in [-0.25, -0.2) is 0 Å². The number of carbonyl (C=O) groups excluding carboxylic acids is 2. The fourth-order valence-corrected chi connectivity index (χ4v) is 3.84. The molecule has 1 fully saturated rings. The molecule has 3 rings (SSSR count). The van der Waals surface area contributed by atoms with Crippen LogP contribution in [0.15, 0.2) is 48.5 Å². The summed E-state index contributed by atoms with van der Waals surface area (Å²) >= 11 is 0. The number of amides is 2. The highest BCUT2D eigenvalue weighted by atomic mass is 16.6. The Morgan fingerprint density at radius 2 is 1.68 bits per heavy atom. The summed E-state index contributed by atoms with van der Waals surface area (Å²) in [5, 5.41) is 16.2. The molecular formula is C22H29N5O4+2. The number of nitrogens with zero attached hydrogens (tertiary/aromatic N) is 1. The lowest BCUT2D eigenvalue weighted by Gasteiger charge is -2.33. The summed E-state index contributed by atoms with van der Waals surface area (Å²) < 4.78 is 0. The highest BCUT2D eigenvalue weighted by Crippen LogP contribution is 2.22. The number of carbonyl (C=O) groups is 2. The highest BCUT2D eigenvalue weighted by Gasteiger charge is 2.30. The molecule has 1 atom stereocenters. The molecule has 0 radical (unpaired) electrons. The molecule has 0 bridgehead atoms. The van der Waals surface area contributed by atoms with Crippen molar-refractivity contribution in [3.63, 3.8) is 0 Å². The van der Waals surface area contributed by atoms with Gasteiger partial charge in [-0.3, -0.25) is 19.7 Å². The number of para-hydroxylation sites is 2. The van der Waals surface area contributed by atoms with Crippen molar-refractivity contribution in [1.29, 1.82) is 0 Å². The van der Waals surface area contributed by atoms with Crippen LogP contribution < -0.4 is 20.4 Å². The number of nitrogens with one attached hydrogen (secondary N) is 4. The highest BCUT2D eigenvalue weighted by molar-refractivity contribution is 6.39. The number of rotatable bonds is 6. The van der Waals surface area contributed by atoms with Gasteiger partial charge in [-0.2, -0.15) is 0 Å². The first-order chi connectivity index (χ1) is 14.8. The number of quaternary nitrogens is 2. The minimum Gasteiger partial charge on any atom is -0.341 e. The summed E-state index contributed by atoms with van der Waals surface area (Å²) in [6, 6.07) is 14.0. The van der Waals surface area contributed by atoms with Crippen LogP contribution in [0.25, 0.3) is 0 Å². The standard InChI is InChI=1S/C22H27N5O4/c1-16-7-9-17(10-8-16)20(26-13-11-25(2)12-14-26)15-23-21(28)22(29)24-18-5-3-4-6-19(18)27(30)31/h3-10,20H,11-15H2,1-2H3,(H,23,28)(H,24,29)/p+2/t20-/m1/s1. The van der Waals surface area contributed by atoms with E-state index in [0.29, 0.717) is 6.54 Å². The summed E-state index contributed by atoms with van der Waals surface area (Å²) in [6.07, 6.45) is 0. The summed E-state index contributed by atoms with van der Waals surface area (Å²) in [5.74, 6) is -1.73. The second-order valence-electron chi connectivity index (χ2n) is 8.02. The molecule has 9 heteroatoms. The number of hydrogen-bond donors (Lipinski definition) is 4. The fraction of sp³-hybridized carbons (Fsp3) is 0.364. The van der Waals surface area contributed by atoms with Gasteiger partial charge in [0.05, 0.1) is 18.5 Å². The Balaban J connectivity index is 1.67. The van der Waals surface area contributed by atoms with Crippen LogP contribution in [0.5, 0.6) is 0 Å². The van der Waals surface area contributed by atoms with Crippen molar-refractivity contribution in [2.24, 2.45) is 0 Å². The third kappa shape index (κ3) is 5.87. The molecule has 1 saturated heterocycles. The summed E-state index contributed by atoms with van der Waals surface area (Å²) in [5.41, 5.74) is 2.01. The summed E-state index contributed by atoms with van der Waals surface area (Å²) in [4.78, 5) is 38.2. The molecule has 9 nitrogen and oxygen atoms in total. The number of anilines is 1. The summed E-state index contributed by atoms with van der Waals surface area (Å²) in [6.45, 7) is 6.37. The summed E-state index contributed by atoms with van der Waals surface area (Å²) in [7, 11) is 2.17. The van der Waals surface area contributed by atoms with E-state index < -0.39 is 16.7 Å². The zero-order valence-electron chi connectivity index (χ0n) is 17.8. The number of hydrogen-bond acceptors (Lipinski definition) is 4. The van der Waals surface area contributed by atoms with Gasteiger partial charge in [0.2, 0.25) is 0 Å². The van der Waals surface area contributed by atoms with Crippen LogP contribution in [-0.4, -0.2) is 56.5 Å². The molecule has 0 aliphatic carbocycles. The zero-order valence-corrected chi connectivity index (χ0v) is 17.8. The van der Waals surface area contributed by atoms with Crippen LogP contribution in [-0.2, 0) is 9.59 Å². The maximum absolute atomic E-state index is 12.4. The van der Waals surface area contributed by atoms with E-state index in [1.165, 1.54) is 28.0 Å². The van der Waals surface area contributed by atoms with E-state index in [1.807, 2.05) is 19.1 Å². The van der Waals surface area contributed by atoms with E-state index in [2.05, 4.69) is 29.8 Å². The molecule has 4 N–H and O–H groups in total. The van der Waals surface area contributed by atoms with Crippen molar-refractivity contribution in [3.8, 4) is 0 Å². The number of nitro groups is 1. The SMILES string of the molecule is Cc1ccc([C@@H](CNC(=O)C(=O)Nc2ccccc2[N+](=O)[O-])[NH+]2CC[NH+](C)CC2)cc1. The van der Waals surface area contributed by atoms with E-state index in [1.54, 1.807) is 6.07 Å². The third-order valence-electron chi connectivity index (χ3n) is 5.74. The fourth-order valence-electron chi connectivity index (χ4n) is 3.84. The minimum absolute atomic E-state index is 0.00426. The first kappa shape index (κ1) is 22.4. The van der Waals surface area contributed by atoms with Crippen molar-refractivity contribution < 1.29 is 24.3 Å². The quantitative estimate of drug-likeness (QED) is 0.272. The van der Waals surface area contributed by atoms with Gasteiger partial charge in [-0.15, -0.1) is 0 Å². The predicted molar refractivity (Wildman–Crippen MR) is 116 cm³/mol. The lowest BCUT2D eigenvalue weighted by molar-refractivity contribution is -1.02. The van der Waals surface area contributed by atoms with Crippen LogP contribution in [0.4, 0.5) is 11.4 Å². The molecule has 0 unspecified atom stereocenters. The number of benzene rings is 2. The topological polar surface area (TPSA) is 110 Å². The molecule has 31 heavy (non-hydrogen) atoms. The van der Waals surface area contributed by atoms with Crippen LogP contribution in [0, 0.1) is 17.0 Å². The van der Waals surface area contributed by atoms with Crippen LogP contribution in [0.2, 0.25) is 0 Å². The van der Waals surface area contributed by atoms with E-state index in [-0.39, 0.29) is 17.4 Å². The average molecular weight is 428 g/mol. The smallest absolute Gasteiger partial charge is 0.313 e. The molecule has 1 aliphatic heterocycles. The van der Waals surface area contributed by atoms with Crippen molar-refractivity contribution in [2.75, 3.05) is 45.1 Å². The lowest BCUT2D eigenvalue weighted by Crippen LogP contribution is -3.27. The largest absolute Gasteiger partial charge is 0.341 e. The molecule has 0 spiro atoms. The Morgan fingerprint density at radius 1 is 1.03 bits per heavy atom. The Labute approximate surface area is 181 Å². The van der Waals surface area contributed by atoms with Crippen molar-refractivity contribution in [2.45, 2.75) is 13.0 Å². The lowest BCUT2D eigenvalue weighted by atomic mass is 10.0. The number of piperazine rings is 1. The van der Waals surface area contributed by atoms with E-state index in [0.717, 1.165) is 37.3 Å². The first-order valence-corrected chi connectivity index (χ1v) is 10.4. The molecular weight excluding hydrogens is 398 g/mol. The average Bonchev–Trinajstić information content (AvgIpc) is 2.76. The van der Waals surface area contributed by atoms with Crippen LogP contribution in [0.3, 0.4) is 0 Å². The first-order valence-electron chi connectivity index (χ1n) is 10.4. The van der Waals surface area contributed by atoms with Crippen LogP contribution in [0.1, 0.15) is 17.2 Å². The Kier molecular flexibility index (Phi) is 7.32. The van der Waals surface area contributed by atoms with Gasteiger partial charge in [0.15, 0.2) is 0 Å². The molecule has 2 amide bonds. The van der Waals surface area contributed by atoms with Crippen molar-refractivity contribution in [1.82, 2.24) is 5.32 Å². The van der Waals surface area contributed by atoms with E-state index in [9.17, 15) is 19.7 Å². The second kappa shape index (κ2) is 10.1. The van der Waals surface area contributed by atoms with Gasteiger partial charge in [0, 0.05) is 11.6 Å². The van der Waals surface area contributed by atoms with Gasteiger partial charge in [0.25, 0.3) is 5.69 Å². The van der Waals surface area contributed by atoms with Crippen LogP contribution >= 0.6 is 0 Å². The van der Waals surface area contributed by atoms with Gasteiger partial charge in [-0.1, -0.05) is 42.0 Å². The molecule has 2 aromatic carbocycles. The van der Waals surface area contributed by atoms with E-state index in [4.69, 9.17) is 0 Å². The molecule has 2 aromatic rings. The zero-order chi connectivity index (χ0) is 22.4. The molecule has 0 saturated carbocycles.